The van der Waals surface area contributed by atoms with Gasteiger partial charge in [-0.2, -0.15) is 0 Å². The molecule has 148 valence electrons. The smallest absolute Gasteiger partial charge is 0.251 e. The third-order valence-electron chi connectivity index (χ3n) is 5.75. The number of piperazine rings is 1. The van der Waals surface area contributed by atoms with E-state index < -0.39 is 0 Å². The molecular weight excluding hydrogens is 342 g/mol. The molecular formula is C20H31N5O2. The van der Waals surface area contributed by atoms with Gasteiger partial charge in [0.05, 0.1) is 5.92 Å². The lowest BCUT2D eigenvalue weighted by atomic mass is 10.0. The summed E-state index contributed by atoms with van der Waals surface area (Å²) in [6.45, 7) is 9.22. The van der Waals surface area contributed by atoms with Crippen molar-refractivity contribution in [2.24, 2.45) is 5.92 Å². The summed E-state index contributed by atoms with van der Waals surface area (Å²) in [7, 11) is 0. The van der Waals surface area contributed by atoms with Crippen molar-refractivity contribution in [2.45, 2.75) is 32.2 Å². The van der Waals surface area contributed by atoms with Crippen LogP contribution >= 0.6 is 0 Å². The summed E-state index contributed by atoms with van der Waals surface area (Å²) in [6.07, 6.45) is 5.87. The van der Waals surface area contributed by atoms with Gasteiger partial charge in [-0.25, -0.2) is 0 Å². The second-order valence-electron chi connectivity index (χ2n) is 7.42. The van der Waals surface area contributed by atoms with Gasteiger partial charge in [-0.1, -0.05) is 13.3 Å². The van der Waals surface area contributed by atoms with Crippen LogP contribution in [-0.2, 0) is 4.79 Å². The first-order valence-electron chi connectivity index (χ1n) is 10.1. The Kier molecular flexibility index (Phi) is 7.18. The zero-order chi connectivity index (χ0) is 19.1. The van der Waals surface area contributed by atoms with Gasteiger partial charge in [0.2, 0.25) is 5.91 Å². The Hall–Kier alpha value is -1.99. The van der Waals surface area contributed by atoms with E-state index in [0.29, 0.717) is 12.1 Å². The van der Waals surface area contributed by atoms with Crippen LogP contribution in [0.15, 0.2) is 24.5 Å². The van der Waals surface area contributed by atoms with Gasteiger partial charge in [-0.05, 0) is 31.5 Å². The van der Waals surface area contributed by atoms with E-state index in [1.165, 1.54) is 0 Å². The second kappa shape index (κ2) is 9.80. The lowest BCUT2D eigenvalue weighted by Crippen LogP contribution is -2.49. The Morgan fingerprint density at radius 2 is 1.81 bits per heavy atom. The van der Waals surface area contributed by atoms with E-state index >= 15 is 0 Å². The molecule has 7 nitrogen and oxygen atoms in total. The van der Waals surface area contributed by atoms with E-state index in [1.807, 2.05) is 0 Å². The fourth-order valence-corrected chi connectivity index (χ4v) is 4.00. The lowest BCUT2D eigenvalue weighted by molar-refractivity contribution is -0.125. The minimum atomic E-state index is -0.132. The van der Waals surface area contributed by atoms with Crippen LogP contribution in [0, 0.1) is 5.92 Å². The van der Waals surface area contributed by atoms with Gasteiger partial charge >= 0.3 is 0 Å². The SMILES string of the molecule is CCN1CCN(CCNC(=O)[C@H]2CCC[C@H]2NC(=O)c2ccncc2)CC1. The molecule has 1 saturated heterocycles. The molecule has 2 aliphatic rings. The molecule has 27 heavy (non-hydrogen) atoms. The molecule has 2 heterocycles. The van der Waals surface area contributed by atoms with Gasteiger partial charge in [0.25, 0.3) is 5.91 Å². The number of carbonyl (C=O) groups excluding carboxylic acids is 2. The average Bonchev–Trinajstić information content (AvgIpc) is 3.17. The first kappa shape index (κ1) is 19.8. The first-order chi connectivity index (χ1) is 13.2. The number of pyridine rings is 1. The highest BCUT2D eigenvalue weighted by atomic mass is 16.2. The normalized spacial score (nSPS) is 23.9. The molecule has 0 aromatic carbocycles. The number of hydrogen-bond donors (Lipinski definition) is 2. The molecule has 1 aliphatic heterocycles. The van der Waals surface area contributed by atoms with Crippen LogP contribution in [0.4, 0.5) is 0 Å². The summed E-state index contributed by atoms with van der Waals surface area (Å²) in [6, 6.07) is 3.30. The van der Waals surface area contributed by atoms with Crippen LogP contribution in [0.3, 0.4) is 0 Å². The number of aromatic nitrogens is 1. The van der Waals surface area contributed by atoms with Crippen LogP contribution in [0.2, 0.25) is 0 Å². The predicted octanol–water partition coefficient (Wildman–Crippen LogP) is 0.734. The molecule has 1 saturated carbocycles. The van der Waals surface area contributed by atoms with Crippen molar-refractivity contribution < 1.29 is 9.59 Å². The molecule has 1 aromatic heterocycles. The quantitative estimate of drug-likeness (QED) is 0.737. The Bertz CT molecular complexity index is 616. The number of rotatable bonds is 7. The summed E-state index contributed by atoms with van der Waals surface area (Å²) >= 11 is 0. The van der Waals surface area contributed by atoms with Gasteiger partial charge in [0.1, 0.15) is 0 Å². The maximum absolute atomic E-state index is 12.6. The van der Waals surface area contributed by atoms with Crippen molar-refractivity contribution >= 4 is 11.8 Å². The molecule has 0 bridgehead atoms. The zero-order valence-corrected chi connectivity index (χ0v) is 16.2. The number of amides is 2. The maximum Gasteiger partial charge on any atom is 0.251 e. The van der Waals surface area contributed by atoms with Crippen LogP contribution < -0.4 is 10.6 Å². The second-order valence-corrected chi connectivity index (χ2v) is 7.42. The van der Waals surface area contributed by atoms with Gasteiger partial charge in [0.15, 0.2) is 0 Å². The van der Waals surface area contributed by atoms with E-state index in [9.17, 15) is 9.59 Å². The van der Waals surface area contributed by atoms with E-state index in [4.69, 9.17) is 0 Å². The van der Waals surface area contributed by atoms with Crippen molar-refractivity contribution in [2.75, 3.05) is 45.8 Å². The van der Waals surface area contributed by atoms with Crippen LogP contribution in [0.1, 0.15) is 36.5 Å². The number of nitrogens with one attached hydrogen (secondary N) is 2. The molecule has 7 heteroatoms. The highest BCUT2D eigenvalue weighted by molar-refractivity contribution is 5.94. The molecule has 0 radical (unpaired) electrons. The first-order valence-corrected chi connectivity index (χ1v) is 10.1. The number of likely N-dealkylation sites (N-methyl/N-ethyl adjacent to an activating group) is 1. The predicted molar refractivity (Wildman–Crippen MR) is 104 cm³/mol. The molecule has 0 spiro atoms. The third kappa shape index (κ3) is 5.49. The molecule has 1 aromatic rings. The summed E-state index contributed by atoms with van der Waals surface area (Å²) in [5.74, 6) is -0.191. The molecule has 2 fully saturated rings. The zero-order valence-electron chi connectivity index (χ0n) is 16.2. The summed E-state index contributed by atoms with van der Waals surface area (Å²) < 4.78 is 0. The van der Waals surface area contributed by atoms with E-state index in [-0.39, 0.29) is 23.8 Å². The van der Waals surface area contributed by atoms with Crippen LogP contribution in [0.5, 0.6) is 0 Å². The van der Waals surface area contributed by atoms with Gasteiger partial charge in [-0.3, -0.25) is 19.5 Å². The standard InChI is InChI=1S/C20H31N5O2/c1-2-24-12-14-25(15-13-24)11-10-22-20(27)17-4-3-5-18(17)23-19(26)16-6-8-21-9-7-16/h6-9,17-18H,2-5,10-15H2,1H3,(H,22,27)(H,23,26)/t17-,18+/m0/s1. The highest BCUT2D eigenvalue weighted by Gasteiger charge is 2.34. The van der Waals surface area contributed by atoms with Gasteiger partial charge in [0, 0.05) is 63.3 Å². The third-order valence-corrected chi connectivity index (χ3v) is 5.75. The average molecular weight is 374 g/mol. The molecule has 2 N–H and O–H groups in total. The number of hydrogen-bond acceptors (Lipinski definition) is 5. The maximum atomic E-state index is 12.6. The minimum Gasteiger partial charge on any atom is -0.355 e. The van der Waals surface area contributed by atoms with Crippen molar-refractivity contribution in [1.82, 2.24) is 25.4 Å². The summed E-state index contributed by atoms with van der Waals surface area (Å²) in [5.41, 5.74) is 0.585. The Morgan fingerprint density at radius 1 is 1.11 bits per heavy atom. The Labute approximate surface area is 161 Å². The van der Waals surface area contributed by atoms with E-state index in [0.717, 1.165) is 58.5 Å². The molecule has 2 atom stereocenters. The van der Waals surface area contributed by atoms with Crippen molar-refractivity contribution in [1.29, 1.82) is 0 Å². The largest absolute Gasteiger partial charge is 0.355 e. The molecule has 0 unspecified atom stereocenters. The molecule has 1 aliphatic carbocycles. The van der Waals surface area contributed by atoms with E-state index in [2.05, 4.69) is 32.3 Å². The topological polar surface area (TPSA) is 77.6 Å². The van der Waals surface area contributed by atoms with Crippen molar-refractivity contribution in [3.05, 3.63) is 30.1 Å². The van der Waals surface area contributed by atoms with Gasteiger partial charge < -0.3 is 15.5 Å². The molecule has 2 amide bonds. The van der Waals surface area contributed by atoms with Crippen molar-refractivity contribution in [3.8, 4) is 0 Å². The van der Waals surface area contributed by atoms with Crippen molar-refractivity contribution in [3.63, 3.8) is 0 Å². The highest BCUT2D eigenvalue weighted by Crippen LogP contribution is 2.26. The van der Waals surface area contributed by atoms with Gasteiger partial charge in [-0.15, -0.1) is 0 Å². The monoisotopic (exact) mass is 373 g/mol. The van der Waals surface area contributed by atoms with Crippen LogP contribution in [0.25, 0.3) is 0 Å². The Morgan fingerprint density at radius 3 is 2.52 bits per heavy atom. The number of carbonyl (C=O) groups is 2. The fraction of sp³-hybridized carbons (Fsp3) is 0.650. The summed E-state index contributed by atoms with van der Waals surface area (Å²) in [4.78, 5) is 33.8. The van der Waals surface area contributed by atoms with Crippen LogP contribution in [-0.4, -0.2) is 78.5 Å². The fourth-order valence-electron chi connectivity index (χ4n) is 4.00. The lowest BCUT2D eigenvalue weighted by Gasteiger charge is -2.34. The minimum absolute atomic E-state index is 0.0692. The molecule has 3 rings (SSSR count). The summed E-state index contributed by atoms with van der Waals surface area (Å²) in [5, 5.41) is 6.12. The number of nitrogens with zero attached hydrogens (tertiary/aromatic N) is 3. The van der Waals surface area contributed by atoms with E-state index in [1.54, 1.807) is 24.5 Å². The Balaban J connectivity index is 1.41.